The Bertz CT molecular complexity index is 1790. The summed E-state index contributed by atoms with van der Waals surface area (Å²) in [5.41, 5.74) is 7.54. The minimum atomic E-state index is -1.13. The van der Waals surface area contributed by atoms with Crippen molar-refractivity contribution in [3.05, 3.63) is 154 Å². The summed E-state index contributed by atoms with van der Waals surface area (Å²) in [6.07, 6.45) is 0. The van der Waals surface area contributed by atoms with Crippen LogP contribution in [0, 0.1) is 6.92 Å². The maximum atomic E-state index is 13.6. The number of esters is 1. The van der Waals surface area contributed by atoms with Gasteiger partial charge in [0.15, 0.2) is 5.60 Å². The number of fused-ring (bicyclic) bond motifs is 6. The summed E-state index contributed by atoms with van der Waals surface area (Å²) in [6, 6.07) is 39.5. The van der Waals surface area contributed by atoms with Crippen LogP contribution in [0.5, 0.6) is 11.5 Å². The number of rotatable bonds is 8. The molecule has 0 aliphatic carbocycles. The van der Waals surface area contributed by atoms with Gasteiger partial charge in [-0.1, -0.05) is 78.9 Å². The van der Waals surface area contributed by atoms with E-state index in [0.717, 1.165) is 65.6 Å². The fourth-order valence-electron chi connectivity index (χ4n) is 6.72. The van der Waals surface area contributed by atoms with Crippen LogP contribution in [0.4, 0.5) is 11.4 Å². The van der Waals surface area contributed by atoms with Gasteiger partial charge < -0.3 is 19.3 Å². The highest BCUT2D eigenvalue weighted by Gasteiger charge is 2.54. The van der Waals surface area contributed by atoms with Gasteiger partial charge in [-0.3, -0.25) is 0 Å². The van der Waals surface area contributed by atoms with E-state index in [-0.39, 0.29) is 5.97 Å². The van der Waals surface area contributed by atoms with E-state index in [9.17, 15) is 4.79 Å². The molecular weight excluding hydrogens is 544 g/mol. The molecule has 7 rings (SSSR count). The highest BCUT2D eigenvalue weighted by Crippen LogP contribution is 2.58. The second kappa shape index (κ2) is 11.2. The van der Waals surface area contributed by atoms with Crippen LogP contribution < -0.4 is 14.5 Å². The zero-order valence-corrected chi connectivity index (χ0v) is 25.4. The fraction of sp³-hybridized carbons (Fsp3) is 0.205. The Labute approximate surface area is 259 Å². The number of anilines is 2. The molecule has 0 bridgehead atoms. The number of carbonyl (C=O) groups is 1. The molecule has 0 saturated heterocycles. The van der Waals surface area contributed by atoms with Crippen molar-refractivity contribution in [2.75, 3.05) is 22.9 Å². The number of nitrogens with zero attached hydrogens (tertiary/aromatic N) is 2. The SMILES string of the molecule is CCN(CC)c1ccc2c(c1)C1(OC(=O)c3ccccc31)c1cc(N(Cc3ccccc3)Cc3ccccc3)cc(C)c1O2. The average Bonchev–Trinajstić information content (AvgIpc) is 3.35. The fourth-order valence-corrected chi connectivity index (χ4v) is 6.72. The molecule has 5 aromatic rings. The van der Waals surface area contributed by atoms with E-state index in [0.29, 0.717) is 11.3 Å². The summed E-state index contributed by atoms with van der Waals surface area (Å²) >= 11 is 0. The Balaban J connectivity index is 1.45. The van der Waals surface area contributed by atoms with Crippen molar-refractivity contribution in [3.8, 4) is 11.5 Å². The van der Waals surface area contributed by atoms with Gasteiger partial charge in [-0.25, -0.2) is 4.79 Å². The third-order valence-electron chi connectivity index (χ3n) is 8.89. The molecule has 5 heteroatoms. The molecule has 1 unspecified atom stereocenters. The molecule has 0 saturated carbocycles. The van der Waals surface area contributed by atoms with E-state index in [1.807, 2.05) is 42.5 Å². The van der Waals surface area contributed by atoms with Gasteiger partial charge in [0.05, 0.1) is 5.56 Å². The molecular formula is C39H36N2O3. The lowest BCUT2D eigenvalue weighted by Crippen LogP contribution is -2.34. The predicted molar refractivity (Wildman–Crippen MR) is 176 cm³/mol. The minimum absolute atomic E-state index is 0.318. The van der Waals surface area contributed by atoms with E-state index in [1.165, 1.54) is 11.1 Å². The number of ether oxygens (including phenoxy) is 2. The lowest BCUT2D eigenvalue weighted by Gasteiger charge is -2.39. The second-order valence-electron chi connectivity index (χ2n) is 11.5. The van der Waals surface area contributed by atoms with E-state index in [4.69, 9.17) is 9.47 Å². The zero-order chi connectivity index (χ0) is 30.3. The van der Waals surface area contributed by atoms with Crippen LogP contribution in [0.1, 0.15) is 57.6 Å². The monoisotopic (exact) mass is 580 g/mol. The molecule has 0 N–H and O–H groups in total. The normalized spacial score (nSPS) is 16.0. The van der Waals surface area contributed by atoms with Crippen LogP contribution in [-0.2, 0) is 23.4 Å². The molecule has 2 aliphatic heterocycles. The highest BCUT2D eigenvalue weighted by atomic mass is 16.6. The maximum Gasteiger partial charge on any atom is 0.340 e. The largest absolute Gasteiger partial charge is 0.456 e. The lowest BCUT2D eigenvalue weighted by molar-refractivity contribution is 0.0224. The van der Waals surface area contributed by atoms with Crippen molar-refractivity contribution in [3.63, 3.8) is 0 Å². The van der Waals surface area contributed by atoms with Crippen LogP contribution in [0.2, 0.25) is 0 Å². The van der Waals surface area contributed by atoms with Crippen LogP contribution in [0.15, 0.2) is 115 Å². The van der Waals surface area contributed by atoms with Crippen molar-refractivity contribution in [2.24, 2.45) is 0 Å². The van der Waals surface area contributed by atoms with E-state index in [2.05, 4.69) is 103 Å². The zero-order valence-electron chi connectivity index (χ0n) is 25.4. The number of aryl methyl sites for hydroxylation is 1. The van der Waals surface area contributed by atoms with Crippen molar-refractivity contribution in [1.29, 1.82) is 0 Å². The van der Waals surface area contributed by atoms with Gasteiger partial charge in [-0.15, -0.1) is 0 Å². The molecule has 1 spiro atoms. The summed E-state index contributed by atoms with van der Waals surface area (Å²) in [6.45, 7) is 9.57. The van der Waals surface area contributed by atoms with Gasteiger partial charge in [-0.05, 0) is 73.9 Å². The summed E-state index contributed by atoms with van der Waals surface area (Å²) < 4.78 is 13.3. The first kappa shape index (κ1) is 27.8. The van der Waals surface area contributed by atoms with Crippen molar-refractivity contribution in [1.82, 2.24) is 0 Å². The van der Waals surface area contributed by atoms with E-state index in [1.54, 1.807) is 0 Å². The lowest BCUT2D eigenvalue weighted by atomic mass is 9.76. The molecule has 220 valence electrons. The average molecular weight is 581 g/mol. The first-order chi connectivity index (χ1) is 21.5. The molecule has 0 fully saturated rings. The maximum absolute atomic E-state index is 13.6. The Morgan fingerprint density at radius 1 is 0.636 bits per heavy atom. The molecule has 5 aromatic carbocycles. The van der Waals surface area contributed by atoms with Crippen molar-refractivity contribution >= 4 is 17.3 Å². The number of carbonyl (C=O) groups excluding carboxylic acids is 1. The van der Waals surface area contributed by atoms with Gasteiger partial charge in [-0.2, -0.15) is 0 Å². The summed E-state index contributed by atoms with van der Waals surface area (Å²) in [7, 11) is 0. The first-order valence-corrected chi connectivity index (χ1v) is 15.4. The minimum Gasteiger partial charge on any atom is -0.456 e. The van der Waals surface area contributed by atoms with E-state index < -0.39 is 5.60 Å². The molecule has 1 atom stereocenters. The Morgan fingerprint density at radius 2 is 1.25 bits per heavy atom. The summed E-state index contributed by atoms with van der Waals surface area (Å²) in [4.78, 5) is 18.3. The molecule has 0 radical (unpaired) electrons. The summed E-state index contributed by atoms with van der Waals surface area (Å²) in [5.74, 6) is 1.13. The van der Waals surface area contributed by atoms with Crippen LogP contribution in [-0.4, -0.2) is 19.1 Å². The topological polar surface area (TPSA) is 42.0 Å². The third-order valence-corrected chi connectivity index (χ3v) is 8.89. The smallest absolute Gasteiger partial charge is 0.340 e. The number of hydrogen-bond donors (Lipinski definition) is 0. The molecule has 44 heavy (non-hydrogen) atoms. The van der Waals surface area contributed by atoms with Crippen LogP contribution >= 0.6 is 0 Å². The molecule has 5 nitrogen and oxygen atoms in total. The van der Waals surface area contributed by atoms with Gasteiger partial charge in [0.1, 0.15) is 11.5 Å². The molecule has 2 heterocycles. The second-order valence-corrected chi connectivity index (χ2v) is 11.5. The van der Waals surface area contributed by atoms with Crippen molar-refractivity contribution in [2.45, 2.75) is 39.5 Å². The standard InChI is InChI=1S/C39H36N2O3/c1-4-40(5-2)30-20-21-36-34(23-30)39(33-19-13-12-18-32(33)38(42)44-39)35-24-31(22-27(3)37(35)43-36)41(25-28-14-8-6-9-15-28)26-29-16-10-7-11-17-29/h6-24H,4-5,25-26H2,1-3H3. The van der Waals surface area contributed by atoms with Gasteiger partial charge >= 0.3 is 5.97 Å². The number of hydrogen-bond acceptors (Lipinski definition) is 5. The summed E-state index contributed by atoms with van der Waals surface area (Å²) in [5, 5.41) is 0. The van der Waals surface area contributed by atoms with Crippen LogP contribution in [0.25, 0.3) is 0 Å². The van der Waals surface area contributed by atoms with Crippen molar-refractivity contribution < 1.29 is 14.3 Å². The van der Waals surface area contributed by atoms with E-state index >= 15 is 0 Å². The van der Waals surface area contributed by atoms with Gasteiger partial charge in [0.25, 0.3) is 0 Å². The van der Waals surface area contributed by atoms with Crippen LogP contribution in [0.3, 0.4) is 0 Å². The van der Waals surface area contributed by atoms with Gasteiger partial charge in [0, 0.05) is 54.2 Å². The molecule has 0 aromatic heterocycles. The first-order valence-electron chi connectivity index (χ1n) is 15.4. The van der Waals surface area contributed by atoms with Gasteiger partial charge in [0.2, 0.25) is 0 Å². The Hall–Kier alpha value is -5.03. The Kier molecular flexibility index (Phi) is 7.09. The Morgan fingerprint density at radius 3 is 1.91 bits per heavy atom. The number of benzene rings is 5. The highest BCUT2D eigenvalue weighted by molar-refractivity contribution is 5.97. The molecule has 0 amide bonds. The quantitative estimate of drug-likeness (QED) is 0.172. The predicted octanol–water partition coefficient (Wildman–Crippen LogP) is 8.62. The molecule has 2 aliphatic rings. The third kappa shape index (κ3) is 4.60.